The molecule has 0 spiro atoms. The Morgan fingerprint density at radius 2 is 1.86 bits per heavy atom. The number of amides is 2. The summed E-state index contributed by atoms with van der Waals surface area (Å²) in [6.07, 6.45) is 1.63. The minimum absolute atomic E-state index is 0.308. The highest BCUT2D eigenvalue weighted by atomic mass is 16.5. The van der Waals surface area contributed by atoms with Gasteiger partial charge in [0.15, 0.2) is 0 Å². The van der Waals surface area contributed by atoms with Gasteiger partial charge in [0.1, 0.15) is 12.3 Å². The van der Waals surface area contributed by atoms with Gasteiger partial charge in [0.05, 0.1) is 6.61 Å². The smallest absolute Gasteiger partial charge is 0.323 e. The van der Waals surface area contributed by atoms with Crippen molar-refractivity contribution in [2.75, 3.05) is 25.0 Å². The quantitative estimate of drug-likeness (QED) is 0.772. The second kappa shape index (κ2) is 8.84. The summed E-state index contributed by atoms with van der Waals surface area (Å²) in [5.74, 6) is -0.285. The van der Waals surface area contributed by atoms with Crippen LogP contribution in [0.5, 0.6) is 5.75 Å². The molecule has 0 unspecified atom stereocenters. The van der Waals surface area contributed by atoms with Gasteiger partial charge in [0.25, 0.3) is 0 Å². The van der Waals surface area contributed by atoms with Gasteiger partial charge < -0.3 is 20.1 Å². The van der Waals surface area contributed by atoms with Gasteiger partial charge in [0.2, 0.25) is 0 Å². The van der Waals surface area contributed by atoms with E-state index in [0.717, 1.165) is 12.2 Å². The number of nitrogens with one attached hydrogen (secondary N) is 1. The van der Waals surface area contributed by atoms with Crippen molar-refractivity contribution >= 4 is 17.7 Å². The number of anilines is 1. The van der Waals surface area contributed by atoms with E-state index >= 15 is 0 Å². The molecule has 2 amide bonds. The molecule has 0 atom stereocenters. The Morgan fingerprint density at radius 3 is 2.38 bits per heavy atom. The summed E-state index contributed by atoms with van der Waals surface area (Å²) in [5.41, 5.74) is 0.607. The summed E-state index contributed by atoms with van der Waals surface area (Å²) in [5, 5.41) is 11.5. The van der Waals surface area contributed by atoms with Gasteiger partial charge in [-0.3, -0.25) is 4.79 Å². The Labute approximate surface area is 124 Å². The van der Waals surface area contributed by atoms with Crippen LogP contribution < -0.4 is 10.1 Å². The molecule has 1 rings (SSSR count). The lowest BCUT2D eigenvalue weighted by Crippen LogP contribution is -2.39. The van der Waals surface area contributed by atoms with E-state index in [-0.39, 0.29) is 6.54 Å². The van der Waals surface area contributed by atoms with Crippen LogP contribution in [-0.2, 0) is 4.79 Å². The highest BCUT2D eigenvalue weighted by Gasteiger charge is 2.15. The van der Waals surface area contributed by atoms with Crippen LogP contribution in [0.4, 0.5) is 10.5 Å². The van der Waals surface area contributed by atoms with Crippen molar-refractivity contribution in [1.29, 1.82) is 0 Å². The van der Waals surface area contributed by atoms with Crippen LogP contribution in [0.3, 0.4) is 0 Å². The summed E-state index contributed by atoms with van der Waals surface area (Å²) in [6.45, 7) is 4.66. The zero-order chi connectivity index (χ0) is 15.7. The van der Waals surface area contributed by atoms with Gasteiger partial charge in [-0.15, -0.1) is 0 Å². The maximum Gasteiger partial charge on any atom is 0.323 e. The van der Waals surface area contributed by atoms with E-state index in [1.54, 1.807) is 24.3 Å². The molecule has 1 aromatic carbocycles. The van der Waals surface area contributed by atoms with Crippen LogP contribution >= 0.6 is 0 Å². The molecular formula is C15H22N2O4. The Balaban J connectivity index is 2.61. The number of nitrogens with zero attached hydrogens (tertiary/aromatic N) is 1. The molecule has 0 saturated heterocycles. The molecule has 0 fully saturated rings. The lowest BCUT2D eigenvalue weighted by molar-refractivity contribution is -0.137. The number of ether oxygens (including phenoxy) is 1. The van der Waals surface area contributed by atoms with Crippen molar-refractivity contribution in [3.63, 3.8) is 0 Å². The Hall–Kier alpha value is -2.24. The average Bonchev–Trinajstić information content (AvgIpc) is 2.45. The minimum atomic E-state index is -1.03. The highest BCUT2D eigenvalue weighted by Crippen LogP contribution is 2.16. The second-order valence-corrected chi connectivity index (χ2v) is 4.62. The van der Waals surface area contributed by atoms with E-state index in [2.05, 4.69) is 5.32 Å². The molecule has 0 heterocycles. The highest BCUT2D eigenvalue weighted by molar-refractivity contribution is 5.91. The third-order valence-electron chi connectivity index (χ3n) is 2.69. The predicted octanol–water partition coefficient (Wildman–Crippen LogP) is 2.80. The van der Waals surface area contributed by atoms with Gasteiger partial charge in [-0.25, -0.2) is 4.79 Å². The molecule has 0 radical (unpaired) electrons. The van der Waals surface area contributed by atoms with E-state index in [1.165, 1.54) is 4.90 Å². The van der Waals surface area contributed by atoms with Crippen LogP contribution in [0.1, 0.15) is 26.7 Å². The van der Waals surface area contributed by atoms with E-state index in [4.69, 9.17) is 9.84 Å². The summed E-state index contributed by atoms with van der Waals surface area (Å²) >= 11 is 0. The average molecular weight is 294 g/mol. The number of aliphatic carboxylic acids is 1. The number of hydrogen-bond donors (Lipinski definition) is 2. The number of hydrogen-bond acceptors (Lipinski definition) is 3. The Morgan fingerprint density at radius 1 is 1.19 bits per heavy atom. The van der Waals surface area contributed by atoms with E-state index in [0.29, 0.717) is 25.3 Å². The van der Waals surface area contributed by atoms with E-state index in [1.807, 2.05) is 13.8 Å². The maximum absolute atomic E-state index is 12.0. The predicted molar refractivity (Wildman–Crippen MR) is 80.7 cm³/mol. The van der Waals surface area contributed by atoms with Gasteiger partial charge in [-0.05, 0) is 37.1 Å². The van der Waals surface area contributed by atoms with Crippen molar-refractivity contribution < 1.29 is 19.4 Å². The fourth-order valence-electron chi connectivity index (χ4n) is 1.74. The molecule has 1 aromatic rings. The summed E-state index contributed by atoms with van der Waals surface area (Å²) in [6, 6.07) is 6.59. The number of carbonyl (C=O) groups excluding carboxylic acids is 1. The van der Waals surface area contributed by atoms with Crippen LogP contribution in [0.2, 0.25) is 0 Å². The zero-order valence-electron chi connectivity index (χ0n) is 12.5. The Kier molecular flexibility index (Phi) is 7.08. The molecule has 0 aliphatic heterocycles. The van der Waals surface area contributed by atoms with Crippen LogP contribution in [-0.4, -0.2) is 41.7 Å². The van der Waals surface area contributed by atoms with Crippen molar-refractivity contribution in [3.8, 4) is 5.75 Å². The van der Waals surface area contributed by atoms with E-state index < -0.39 is 12.0 Å². The zero-order valence-corrected chi connectivity index (χ0v) is 12.5. The number of carboxylic acids is 1. The molecule has 0 aromatic heterocycles. The standard InChI is InChI=1S/C15H22N2O4/c1-3-9-17(11-14(18)19)15(20)16-12-5-7-13(8-6-12)21-10-4-2/h5-8H,3-4,9-11H2,1-2H3,(H,16,20)(H,18,19). The van der Waals surface area contributed by atoms with Gasteiger partial charge in [0, 0.05) is 12.2 Å². The second-order valence-electron chi connectivity index (χ2n) is 4.62. The van der Waals surface area contributed by atoms with Crippen molar-refractivity contribution in [2.45, 2.75) is 26.7 Å². The molecule has 0 aliphatic carbocycles. The summed E-state index contributed by atoms with van der Waals surface area (Å²) in [4.78, 5) is 24.0. The number of benzene rings is 1. The van der Waals surface area contributed by atoms with Crippen molar-refractivity contribution in [2.24, 2.45) is 0 Å². The molecule has 21 heavy (non-hydrogen) atoms. The molecular weight excluding hydrogens is 272 g/mol. The molecule has 2 N–H and O–H groups in total. The third kappa shape index (κ3) is 6.16. The fourth-order valence-corrected chi connectivity index (χ4v) is 1.74. The van der Waals surface area contributed by atoms with Crippen LogP contribution in [0, 0.1) is 0 Å². The largest absolute Gasteiger partial charge is 0.494 e. The molecule has 6 heteroatoms. The molecule has 0 bridgehead atoms. The van der Waals surface area contributed by atoms with Gasteiger partial charge in [-0.2, -0.15) is 0 Å². The number of rotatable bonds is 8. The number of carbonyl (C=O) groups is 2. The minimum Gasteiger partial charge on any atom is -0.494 e. The lowest BCUT2D eigenvalue weighted by atomic mass is 10.3. The van der Waals surface area contributed by atoms with Crippen molar-refractivity contribution in [1.82, 2.24) is 4.90 Å². The Bertz CT molecular complexity index is 459. The van der Waals surface area contributed by atoms with Gasteiger partial charge >= 0.3 is 12.0 Å². The molecule has 116 valence electrons. The summed E-state index contributed by atoms with van der Waals surface area (Å²) in [7, 11) is 0. The van der Waals surface area contributed by atoms with Gasteiger partial charge in [-0.1, -0.05) is 13.8 Å². The normalized spacial score (nSPS) is 10.0. The fraction of sp³-hybridized carbons (Fsp3) is 0.467. The topological polar surface area (TPSA) is 78.9 Å². The first-order valence-electron chi connectivity index (χ1n) is 7.07. The number of carboxylic acid groups (broad SMARTS) is 1. The summed E-state index contributed by atoms with van der Waals surface area (Å²) < 4.78 is 5.45. The SMILES string of the molecule is CCCOc1ccc(NC(=O)N(CCC)CC(=O)O)cc1. The molecule has 0 saturated carbocycles. The molecule has 0 aliphatic rings. The monoisotopic (exact) mass is 294 g/mol. The first-order chi connectivity index (χ1) is 10.1. The maximum atomic E-state index is 12.0. The first-order valence-corrected chi connectivity index (χ1v) is 7.07. The third-order valence-corrected chi connectivity index (χ3v) is 2.69. The van der Waals surface area contributed by atoms with Crippen molar-refractivity contribution in [3.05, 3.63) is 24.3 Å². The van der Waals surface area contributed by atoms with Crippen LogP contribution in [0.25, 0.3) is 0 Å². The van der Waals surface area contributed by atoms with E-state index in [9.17, 15) is 9.59 Å². The van der Waals surface area contributed by atoms with Crippen LogP contribution in [0.15, 0.2) is 24.3 Å². The lowest BCUT2D eigenvalue weighted by Gasteiger charge is -2.20. The number of urea groups is 1. The molecule has 6 nitrogen and oxygen atoms in total. The first kappa shape index (κ1) is 16.8.